The van der Waals surface area contributed by atoms with Gasteiger partial charge in [0.1, 0.15) is 60.9 Å². The highest BCUT2D eigenvalue weighted by molar-refractivity contribution is 7.46. The van der Waals surface area contributed by atoms with E-state index < -0.39 is 149 Å². The molecule has 0 bridgehead atoms. The third kappa shape index (κ3) is 43.2. The second-order valence-electron chi connectivity index (χ2n) is 26.5. The zero-order valence-corrected chi connectivity index (χ0v) is 62.2. The van der Waals surface area contributed by atoms with Crippen LogP contribution in [0.3, 0.4) is 0 Å². The maximum Gasteiger partial charge on any atom is 0.470 e. The van der Waals surface area contributed by atoms with E-state index in [1.165, 1.54) is 71.0 Å². The molecule has 2 amide bonds. The molecule has 0 spiro atoms. The van der Waals surface area contributed by atoms with E-state index in [1.54, 1.807) is 13.8 Å². The maximum absolute atomic E-state index is 14.5. The number of hydrogen-bond acceptors (Lipinski definition) is 20. The number of phosphoric ester groups is 1. The van der Waals surface area contributed by atoms with Gasteiger partial charge in [0.2, 0.25) is 11.8 Å². The highest BCUT2D eigenvalue weighted by atomic mass is 31.2. The first kappa shape index (κ1) is 91.6. The predicted molar refractivity (Wildman–Crippen MR) is 372 cm³/mol. The number of nitrogens with zero attached hydrogens (tertiary/aromatic N) is 1. The first-order valence-electron chi connectivity index (χ1n) is 38.0. The van der Waals surface area contributed by atoms with Gasteiger partial charge in [-0.25, -0.2) is 4.57 Å². The number of carbonyl (C=O) groups is 6. The van der Waals surface area contributed by atoms with Crippen LogP contribution in [0.15, 0.2) is 0 Å². The number of rotatable bonds is 57. The van der Waals surface area contributed by atoms with Gasteiger partial charge in [-0.1, -0.05) is 216 Å². The summed E-state index contributed by atoms with van der Waals surface area (Å²) in [4.78, 5) is 104. The molecule has 0 aromatic rings. The lowest BCUT2D eigenvalue weighted by Gasteiger charge is -2.46. The van der Waals surface area contributed by atoms with Gasteiger partial charge in [-0.3, -0.25) is 33.3 Å². The van der Waals surface area contributed by atoms with Crippen LogP contribution in [0.25, 0.3) is 0 Å². The Morgan fingerprint density at radius 3 is 1.14 bits per heavy atom. The van der Waals surface area contributed by atoms with Crippen LogP contribution < -0.4 is 10.6 Å². The number of nitrogens with one attached hydrogen (secondary N) is 2. The Balaban J connectivity index is 0.00000634. The molecule has 10 unspecified atom stereocenters. The summed E-state index contributed by atoms with van der Waals surface area (Å²) in [6.07, 6.45) is 11.6. The number of phosphoric acid groups is 1. The van der Waals surface area contributed by atoms with Crippen molar-refractivity contribution in [3.8, 4) is 0 Å². The quantitative estimate of drug-likeness (QED) is 0.0121. The van der Waals surface area contributed by atoms with E-state index in [-0.39, 0.29) is 32.1 Å². The molecule has 2 aliphatic rings. The van der Waals surface area contributed by atoms with Crippen LogP contribution in [0.2, 0.25) is 0 Å². The smallest absolute Gasteiger partial charge is 0.462 e. The Morgan fingerprint density at radius 1 is 0.443 bits per heavy atom. The molecule has 0 aromatic heterocycles. The summed E-state index contributed by atoms with van der Waals surface area (Å²) in [6.45, 7) is 20.3. The summed E-state index contributed by atoms with van der Waals surface area (Å²) in [5.41, 5.74) is 0. The molecule has 2 rings (SSSR count). The maximum atomic E-state index is 14.5. The van der Waals surface area contributed by atoms with Crippen LogP contribution in [0.4, 0.5) is 0 Å². The van der Waals surface area contributed by atoms with Crippen LogP contribution in [0.1, 0.15) is 313 Å². The Kier molecular flexibility index (Phi) is 54.0. The Morgan fingerprint density at radius 2 is 0.804 bits per heavy atom. The minimum Gasteiger partial charge on any atom is -0.462 e. The van der Waals surface area contributed by atoms with Gasteiger partial charge in [0.05, 0.1) is 32.5 Å². The normalized spacial score (nSPS) is 22.0. The number of aliphatic hydroxyl groups is 4. The lowest BCUT2D eigenvalue weighted by atomic mass is 9.95. The van der Waals surface area contributed by atoms with E-state index in [4.69, 9.17) is 37.7 Å². The second kappa shape index (κ2) is 57.2. The lowest BCUT2D eigenvalue weighted by molar-refractivity contribution is -0.297. The first-order chi connectivity index (χ1) is 46.6. The summed E-state index contributed by atoms with van der Waals surface area (Å²) >= 11 is 0. The summed E-state index contributed by atoms with van der Waals surface area (Å²) < 4.78 is 59.2. The monoisotopic (exact) mass is 1410 g/mol. The molecule has 0 radical (unpaired) electrons. The minimum absolute atomic E-state index is 0.0705. The van der Waals surface area contributed by atoms with E-state index in [1.807, 2.05) is 6.92 Å². The Labute approximate surface area is 583 Å². The number of amides is 2. The molecule has 0 saturated carbocycles. The highest BCUT2D eigenvalue weighted by Crippen LogP contribution is 2.43. The van der Waals surface area contributed by atoms with E-state index >= 15 is 0 Å². The van der Waals surface area contributed by atoms with E-state index in [9.17, 15) is 63.5 Å². The number of unbranched alkanes of at least 4 members (excludes halogenated alkanes) is 24. The molecule has 8 N–H and O–H groups in total. The van der Waals surface area contributed by atoms with Gasteiger partial charge in [-0.15, -0.1) is 0 Å². The fourth-order valence-electron chi connectivity index (χ4n) is 12.2. The second-order valence-corrected chi connectivity index (χ2v) is 27.7. The van der Waals surface area contributed by atoms with E-state index in [2.05, 4.69) is 57.1 Å². The molecular formula is C72H136N3O21P. The van der Waals surface area contributed by atoms with Crippen molar-refractivity contribution in [2.24, 2.45) is 0 Å². The average molecular weight is 1410 g/mol. The molecule has 2 heterocycles. The number of ether oxygens (including phenoxy) is 7. The SMILES string of the molecule is CCCCCCCCCCC[C@H](CC(=O)NC1C(O)OC(COC2OC(CO)C(OP(=O)(O)O)C(OC(=O)C[C@@H](CCCCCCCCCCC)OC(=O)CCC)C2NC(=O)C[C@@H](CCCCCCCCCCC)OC(=O)CCC)C(O)C1O)OC(=O)CCC.CCN(CC)CC. The van der Waals surface area contributed by atoms with Crippen LogP contribution in [-0.2, 0) is 71.0 Å². The van der Waals surface area contributed by atoms with Crippen LogP contribution in [0, 0.1) is 0 Å². The number of aliphatic hydroxyl groups excluding tert-OH is 4. The van der Waals surface area contributed by atoms with Gasteiger partial charge in [-0.05, 0) is 77.4 Å². The number of carbonyl (C=O) groups excluding carboxylic acids is 6. The molecule has 570 valence electrons. The van der Waals surface area contributed by atoms with Crippen molar-refractivity contribution in [3.63, 3.8) is 0 Å². The fraction of sp³-hybridized carbons (Fsp3) is 0.917. The highest BCUT2D eigenvalue weighted by Gasteiger charge is 2.53. The fourth-order valence-corrected chi connectivity index (χ4v) is 12.7. The largest absolute Gasteiger partial charge is 0.470 e. The van der Waals surface area contributed by atoms with Crippen LogP contribution >= 0.6 is 7.82 Å². The van der Waals surface area contributed by atoms with Crippen LogP contribution in [-0.4, -0.2) is 183 Å². The first-order valence-corrected chi connectivity index (χ1v) is 39.5. The van der Waals surface area contributed by atoms with Gasteiger partial charge in [-0.2, -0.15) is 0 Å². The van der Waals surface area contributed by atoms with Crippen molar-refractivity contribution in [3.05, 3.63) is 0 Å². The zero-order valence-electron chi connectivity index (χ0n) is 61.3. The van der Waals surface area contributed by atoms with Gasteiger partial charge in [0.15, 0.2) is 18.7 Å². The van der Waals surface area contributed by atoms with Gasteiger partial charge < -0.3 is 78.9 Å². The van der Waals surface area contributed by atoms with Gasteiger partial charge >= 0.3 is 31.7 Å². The van der Waals surface area contributed by atoms with Crippen molar-refractivity contribution in [2.75, 3.05) is 32.8 Å². The van der Waals surface area contributed by atoms with Crippen molar-refractivity contribution in [1.29, 1.82) is 0 Å². The molecule has 13 atom stereocenters. The van der Waals surface area contributed by atoms with Crippen molar-refractivity contribution in [2.45, 2.75) is 392 Å². The van der Waals surface area contributed by atoms with Gasteiger partial charge in [0.25, 0.3) is 0 Å². The molecule has 24 nitrogen and oxygen atoms in total. The van der Waals surface area contributed by atoms with Crippen molar-refractivity contribution in [1.82, 2.24) is 15.5 Å². The topological polar surface area (TPSA) is 342 Å². The molecule has 2 aliphatic heterocycles. The molecule has 0 aromatic carbocycles. The zero-order chi connectivity index (χ0) is 72.2. The van der Waals surface area contributed by atoms with Crippen LogP contribution in [0.5, 0.6) is 0 Å². The molecule has 2 saturated heterocycles. The van der Waals surface area contributed by atoms with Gasteiger partial charge in [0, 0.05) is 19.3 Å². The molecule has 25 heteroatoms. The Bertz CT molecular complexity index is 2080. The third-order valence-corrected chi connectivity index (χ3v) is 18.4. The van der Waals surface area contributed by atoms with Crippen molar-refractivity contribution < 1.29 is 101 Å². The van der Waals surface area contributed by atoms with E-state index in [0.29, 0.717) is 51.4 Å². The summed E-state index contributed by atoms with van der Waals surface area (Å²) in [6, 6.07) is -3.36. The third-order valence-electron chi connectivity index (χ3n) is 17.9. The number of hydrogen-bond donors (Lipinski definition) is 8. The average Bonchev–Trinajstić information content (AvgIpc) is 0.785. The summed E-state index contributed by atoms with van der Waals surface area (Å²) in [5, 5.41) is 50.3. The van der Waals surface area contributed by atoms with Crippen molar-refractivity contribution >= 4 is 43.5 Å². The Hall–Kier alpha value is -3.39. The van der Waals surface area contributed by atoms with E-state index in [0.717, 1.165) is 103 Å². The predicted octanol–water partition coefficient (Wildman–Crippen LogP) is 11.9. The molecule has 2 fully saturated rings. The summed E-state index contributed by atoms with van der Waals surface area (Å²) in [7, 11) is -5.54. The molecular weight excluding hydrogens is 1270 g/mol. The molecule has 97 heavy (non-hydrogen) atoms. The molecule has 0 aliphatic carbocycles. The lowest BCUT2D eigenvalue weighted by Crippen LogP contribution is -2.67. The summed E-state index contributed by atoms with van der Waals surface area (Å²) in [5.74, 6) is -4.10. The minimum atomic E-state index is -5.54. The number of esters is 4. The standard InChI is InChI=1S/C66H121N2O21P.C6H15N/c1-7-13-16-19-22-25-28-31-34-40-48(83-55(72)37-10-4)43-53(70)67-59-62(77)61(76)52(86-65(59)78)47-82-66-60(68-54(71)44-49(84-56(73)38-11-5)41-35-32-29-26-23-20-17-14-8-2)64(63(51(46-69)87-66)89-90(79,80)81)88-58(75)45-50(85-57(74)39-12-6)42-36-33-30-27-24-21-18-15-9-3;1-4-7(5-2)6-3/h48-52,59-66,69,76-78H,7-47H2,1-6H3,(H,67,70)(H,68,71)(H2,79,80,81);4-6H2,1-3H3/t48-,49-,50-,51?,52?,59?,60?,61?,62?,63?,64?,65?,66?;/m1./s1.